The summed E-state index contributed by atoms with van der Waals surface area (Å²) in [4.78, 5) is 27.6. The average Bonchev–Trinajstić information content (AvgIpc) is 2.72. The zero-order valence-corrected chi connectivity index (χ0v) is 20.4. The van der Waals surface area contributed by atoms with Crippen molar-refractivity contribution in [3.05, 3.63) is 64.7 Å². The molecule has 0 radical (unpaired) electrons. The number of sulfonamides is 1. The molecule has 2 aromatic carbocycles. The van der Waals surface area contributed by atoms with Gasteiger partial charge in [-0.05, 0) is 38.0 Å². The van der Waals surface area contributed by atoms with Gasteiger partial charge >= 0.3 is 0 Å². The Morgan fingerprint density at radius 1 is 1.09 bits per heavy atom. The molecule has 1 N–H and O–H groups in total. The number of likely N-dealkylation sites (N-methyl/N-ethyl adjacent to an activating group) is 1. The SMILES string of the molecule is CCNC(=O)[C@@H](CC)N(Cc1cccc(C)c1)C(=O)CN(c1ccccc1Cl)S(C)(=O)=O. The zero-order chi connectivity index (χ0) is 23.9. The molecular weight excluding hydrogens is 450 g/mol. The van der Waals surface area contributed by atoms with Crippen LogP contribution in [-0.2, 0) is 26.2 Å². The van der Waals surface area contributed by atoms with Gasteiger partial charge in [-0.15, -0.1) is 0 Å². The topological polar surface area (TPSA) is 86.8 Å². The standard InChI is InChI=1S/C23H30ClN3O4S/c1-5-20(23(29)25-6-2)26(15-18-11-9-10-17(3)14-18)22(28)16-27(32(4,30)31)21-13-8-7-12-19(21)24/h7-14,20H,5-6,15-16H2,1-4H3,(H,25,29)/t20-/m1/s1. The van der Waals surface area contributed by atoms with E-state index in [0.29, 0.717) is 13.0 Å². The van der Waals surface area contributed by atoms with Gasteiger partial charge in [-0.1, -0.05) is 60.5 Å². The van der Waals surface area contributed by atoms with Gasteiger partial charge in [0.05, 0.1) is 17.0 Å². The number of hydrogen-bond acceptors (Lipinski definition) is 4. The van der Waals surface area contributed by atoms with Crippen molar-refractivity contribution in [1.29, 1.82) is 0 Å². The second-order valence-electron chi connectivity index (χ2n) is 7.55. The smallest absolute Gasteiger partial charge is 0.244 e. The molecule has 0 spiro atoms. The van der Waals surface area contributed by atoms with Gasteiger partial charge < -0.3 is 10.2 Å². The molecular formula is C23H30ClN3O4S. The van der Waals surface area contributed by atoms with Crippen LogP contribution in [0.25, 0.3) is 0 Å². The molecule has 1 atom stereocenters. The molecule has 0 bridgehead atoms. The molecule has 7 nitrogen and oxygen atoms in total. The van der Waals surface area contributed by atoms with Crippen LogP contribution in [0.2, 0.25) is 5.02 Å². The van der Waals surface area contributed by atoms with E-state index in [1.165, 1.54) is 4.90 Å². The summed E-state index contributed by atoms with van der Waals surface area (Å²) in [7, 11) is -3.81. The van der Waals surface area contributed by atoms with E-state index in [-0.39, 0.29) is 23.2 Å². The van der Waals surface area contributed by atoms with Crippen LogP contribution in [0.4, 0.5) is 5.69 Å². The molecule has 0 saturated heterocycles. The number of anilines is 1. The highest BCUT2D eigenvalue weighted by atomic mass is 35.5. The molecule has 32 heavy (non-hydrogen) atoms. The Hall–Kier alpha value is -2.58. The van der Waals surface area contributed by atoms with E-state index in [1.807, 2.05) is 38.1 Å². The van der Waals surface area contributed by atoms with Crippen molar-refractivity contribution >= 4 is 39.1 Å². The first-order valence-electron chi connectivity index (χ1n) is 10.4. The Balaban J connectivity index is 2.45. The molecule has 9 heteroatoms. The molecule has 0 aromatic heterocycles. The molecule has 0 heterocycles. The van der Waals surface area contributed by atoms with Crippen LogP contribution in [0.1, 0.15) is 31.4 Å². The molecule has 2 aromatic rings. The lowest BCUT2D eigenvalue weighted by molar-refractivity contribution is -0.140. The van der Waals surface area contributed by atoms with E-state index in [1.54, 1.807) is 31.2 Å². The Kier molecular flexibility index (Phi) is 9.09. The zero-order valence-electron chi connectivity index (χ0n) is 18.8. The number of nitrogens with zero attached hydrogens (tertiary/aromatic N) is 2. The number of carbonyl (C=O) groups excluding carboxylic acids is 2. The first kappa shape index (κ1) is 25.7. The maximum atomic E-state index is 13.5. The van der Waals surface area contributed by atoms with Crippen molar-refractivity contribution in [2.45, 2.75) is 39.8 Å². The number of nitrogens with one attached hydrogen (secondary N) is 1. The minimum Gasteiger partial charge on any atom is -0.355 e. The lowest BCUT2D eigenvalue weighted by atomic mass is 10.1. The molecule has 0 aliphatic heterocycles. The normalized spacial score (nSPS) is 12.2. The Morgan fingerprint density at radius 3 is 2.34 bits per heavy atom. The molecule has 0 aliphatic rings. The highest BCUT2D eigenvalue weighted by Crippen LogP contribution is 2.27. The van der Waals surface area contributed by atoms with Crippen LogP contribution in [0.15, 0.2) is 48.5 Å². The molecule has 0 saturated carbocycles. The second-order valence-corrected chi connectivity index (χ2v) is 9.86. The van der Waals surface area contributed by atoms with Crippen LogP contribution in [0, 0.1) is 6.92 Å². The van der Waals surface area contributed by atoms with Crippen molar-refractivity contribution in [3.63, 3.8) is 0 Å². The van der Waals surface area contributed by atoms with E-state index >= 15 is 0 Å². The lowest BCUT2D eigenvalue weighted by Crippen LogP contribution is -2.52. The summed E-state index contributed by atoms with van der Waals surface area (Å²) < 4.78 is 26.1. The highest BCUT2D eigenvalue weighted by Gasteiger charge is 2.32. The minimum atomic E-state index is -3.81. The van der Waals surface area contributed by atoms with Crippen LogP contribution in [-0.4, -0.2) is 50.5 Å². The van der Waals surface area contributed by atoms with Crippen molar-refractivity contribution in [3.8, 4) is 0 Å². The third-order valence-electron chi connectivity index (χ3n) is 4.97. The Labute approximate surface area is 195 Å². The van der Waals surface area contributed by atoms with Gasteiger partial charge in [-0.25, -0.2) is 8.42 Å². The largest absolute Gasteiger partial charge is 0.355 e. The monoisotopic (exact) mass is 479 g/mol. The van der Waals surface area contributed by atoms with E-state index in [4.69, 9.17) is 11.6 Å². The number of rotatable bonds is 10. The molecule has 0 fully saturated rings. The number of para-hydroxylation sites is 1. The van der Waals surface area contributed by atoms with Crippen LogP contribution in [0.5, 0.6) is 0 Å². The van der Waals surface area contributed by atoms with Crippen molar-refractivity contribution in [1.82, 2.24) is 10.2 Å². The van der Waals surface area contributed by atoms with Crippen molar-refractivity contribution in [2.75, 3.05) is 23.7 Å². The van der Waals surface area contributed by atoms with Gasteiger partial charge in [0, 0.05) is 13.1 Å². The fraction of sp³-hybridized carbons (Fsp3) is 0.391. The van der Waals surface area contributed by atoms with Gasteiger partial charge in [0.2, 0.25) is 21.8 Å². The minimum absolute atomic E-state index is 0.177. The quantitative estimate of drug-likeness (QED) is 0.566. The third kappa shape index (κ3) is 6.71. The summed E-state index contributed by atoms with van der Waals surface area (Å²) in [5.74, 6) is -0.769. The number of amides is 2. The molecule has 0 unspecified atom stereocenters. The number of aryl methyl sites for hydroxylation is 1. The maximum Gasteiger partial charge on any atom is 0.244 e. The van der Waals surface area contributed by atoms with Gasteiger partial charge in [0.25, 0.3) is 0 Å². The van der Waals surface area contributed by atoms with E-state index in [0.717, 1.165) is 21.7 Å². The van der Waals surface area contributed by atoms with E-state index in [9.17, 15) is 18.0 Å². The number of halogens is 1. The second kappa shape index (κ2) is 11.3. The summed E-state index contributed by atoms with van der Waals surface area (Å²) in [5.41, 5.74) is 2.09. The average molecular weight is 480 g/mol. The highest BCUT2D eigenvalue weighted by molar-refractivity contribution is 7.92. The molecule has 2 amide bonds. The van der Waals surface area contributed by atoms with Crippen LogP contribution in [0.3, 0.4) is 0 Å². The maximum absolute atomic E-state index is 13.5. The van der Waals surface area contributed by atoms with Crippen LogP contribution < -0.4 is 9.62 Å². The van der Waals surface area contributed by atoms with E-state index in [2.05, 4.69) is 5.32 Å². The summed E-state index contributed by atoms with van der Waals surface area (Å²) >= 11 is 6.22. The fourth-order valence-corrected chi connectivity index (χ4v) is 4.62. The van der Waals surface area contributed by atoms with Gasteiger partial charge in [-0.3, -0.25) is 13.9 Å². The first-order valence-corrected chi connectivity index (χ1v) is 12.7. The molecule has 2 rings (SSSR count). The van der Waals surface area contributed by atoms with Crippen molar-refractivity contribution in [2.24, 2.45) is 0 Å². The van der Waals surface area contributed by atoms with Gasteiger partial charge in [0.1, 0.15) is 12.6 Å². The lowest BCUT2D eigenvalue weighted by Gasteiger charge is -2.33. The number of carbonyl (C=O) groups is 2. The third-order valence-corrected chi connectivity index (χ3v) is 6.42. The predicted molar refractivity (Wildman–Crippen MR) is 128 cm³/mol. The summed E-state index contributed by atoms with van der Waals surface area (Å²) in [6.45, 7) is 5.70. The van der Waals surface area contributed by atoms with E-state index < -0.39 is 28.5 Å². The van der Waals surface area contributed by atoms with Gasteiger partial charge in [0.15, 0.2) is 0 Å². The van der Waals surface area contributed by atoms with Gasteiger partial charge in [-0.2, -0.15) is 0 Å². The van der Waals surface area contributed by atoms with Crippen LogP contribution >= 0.6 is 11.6 Å². The summed E-state index contributed by atoms with van der Waals surface area (Å²) in [6, 6.07) is 13.3. The molecule has 0 aliphatic carbocycles. The first-order chi connectivity index (χ1) is 15.1. The Bertz CT molecular complexity index is 1060. The van der Waals surface area contributed by atoms with Crippen molar-refractivity contribution < 1.29 is 18.0 Å². The Morgan fingerprint density at radius 2 is 1.78 bits per heavy atom. The predicted octanol–water partition coefficient (Wildman–Crippen LogP) is 3.36. The number of hydrogen-bond donors (Lipinski definition) is 1. The summed E-state index contributed by atoms with van der Waals surface area (Å²) in [5, 5.41) is 2.98. The molecule has 174 valence electrons. The number of benzene rings is 2. The fourth-order valence-electron chi connectivity index (χ4n) is 3.47. The summed E-state index contributed by atoms with van der Waals surface area (Å²) in [6.07, 6.45) is 1.41.